The molecule has 1 aliphatic rings. The summed E-state index contributed by atoms with van der Waals surface area (Å²) in [5.41, 5.74) is 0.478. The molecule has 0 radical (unpaired) electrons. The zero-order valence-corrected chi connectivity index (χ0v) is 16.7. The molecular formula is C19H31N5O2. The van der Waals surface area contributed by atoms with Gasteiger partial charge in [0, 0.05) is 33.7 Å². The summed E-state index contributed by atoms with van der Waals surface area (Å²) in [6, 6.07) is 0. The highest BCUT2D eigenvalue weighted by Gasteiger charge is 2.25. The topological polar surface area (TPSA) is 65.1 Å². The maximum atomic E-state index is 12.8. The van der Waals surface area contributed by atoms with Crippen LogP contribution in [0.3, 0.4) is 0 Å². The van der Waals surface area contributed by atoms with E-state index in [9.17, 15) is 9.59 Å². The lowest BCUT2D eigenvalue weighted by molar-refractivity contribution is 0.130. The number of hydrogen-bond acceptors (Lipinski definition) is 4. The fourth-order valence-electron chi connectivity index (χ4n) is 4.29. The maximum Gasteiger partial charge on any atom is 0.332 e. The normalized spacial score (nSPS) is 21.6. The summed E-state index contributed by atoms with van der Waals surface area (Å²) in [5.74, 6) is 2.24. The van der Waals surface area contributed by atoms with Crippen LogP contribution in [0.25, 0.3) is 11.2 Å². The lowest BCUT2D eigenvalue weighted by atomic mass is 9.92. The van der Waals surface area contributed by atoms with Gasteiger partial charge in [0.05, 0.1) is 6.54 Å². The van der Waals surface area contributed by atoms with Crippen molar-refractivity contribution in [1.82, 2.24) is 23.6 Å². The molecule has 0 spiro atoms. The minimum Gasteiger partial charge on any atom is -0.321 e. The van der Waals surface area contributed by atoms with Gasteiger partial charge in [-0.25, -0.2) is 9.78 Å². The van der Waals surface area contributed by atoms with Crippen molar-refractivity contribution in [2.75, 3.05) is 13.1 Å². The number of likely N-dealkylation sites (tertiary alicyclic amines) is 1. The van der Waals surface area contributed by atoms with Gasteiger partial charge in [-0.05, 0) is 24.7 Å². The van der Waals surface area contributed by atoms with Crippen molar-refractivity contribution in [3.63, 3.8) is 0 Å². The van der Waals surface area contributed by atoms with Crippen LogP contribution in [-0.2, 0) is 27.2 Å². The summed E-state index contributed by atoms with van der Waals surface area (Å²) in [6.07, 6.45) is 3.29. The number of aryl methyl sites for hydroxylation is 2. The Kier molecular flexibility index (Phi) is 5.37. The maximum absolute atomic E-state index is 12.8. The minimum absolute atomic E-state index is 0.252. The SMILES string of the molecule is CCCCn1c(CN2C[C@H](C)C[C@@H](C)C2)nc2c1c(=O)n(C)c(=O)n2C. The van der Waals surface area contributed by atoms with Crippen LogP contribution < -0.4 is 11.2 Å². The molecule has 0 aromatic carbocycles. The van der Waals surface area contributed by atoms with Gasteiger partial charge in [0.15, 0.2) is 11.2 Å². The Morgan fingerprint density at radius 1 is 1.08 bits per heavy atom. The monoisotopic (exact) mass is 361 g/mol. The van der Waals surface area contributed by atoms with Crippen LogP contribution in [0.15, 0.2) is 9.59 Å². The van der Waals surface area contributed by atoms with Crippen molar-refractivity contribution in [1.29, 1.82) is 0 Å². The number of rotatable bonds is 5. The first-order chi connectivity index (χ1) is 12.3. The Labute approximate surface area is 154 Å². The molecule has 144 valence electrons. The Morgan fingerprint density at radius 3 is 2.35 bits per heavy atom. The zero-order chi connectivity index (χ0) is 19.0. The Hall–Kier alpha value is -1.89. The molecule has 1 fully saturated rings. The summed E-state index contributed by atoms with van der Waals surface area (Å²) in [7, 11) is 3.23. The van der Waals surface area contributed by atoms with E-state index in [0.717, 1.165) is 44.8 Å². The van der Waals surface area contributed by atoms with Crippen LogP contribution in [0.1, 0.15) is 45.9 Å². The molecule has 1 saturated heterocycles. The number of unbranched alkanes of at least 4 members (excludes halogenated alkanes) is 1. The number of hydrogen-bond donors (Lipinski definition) is 0. The van der Waals surface area contributed by atoms with Gasteiger partial charge in [0.25, 0.3) is 5.56 Å². The smallest absolute Gasteiger partial charge is 0.321 e. The summed E-state index contributed by atoms with van der Waals surface area (Å²) in [4.78, 5) is 32.2. The number of fused-ring (bicyclic) bond motifs is 1. The average molecular weight is 361 g/mol. The van der Waals surface area contributed by atoms with Crippen LogP contribution >= 0.6 is 0 Å². The fraction of sp³-hybridized carbons (Fsp3) is 0.737. The van der Waals surface area contributed by atoms with E-state index in [4.69, 9.17) is 4.98 Å². The highest BCUT2D eigenvalue weighted by molar-refractivity contribution is 5.71. The molecular weight excluding hydrogens is 330 g/mol. The van der Waals surface area contributed by atoms with E-state index < -0.39 is 0 Å². The molecule has 2 atom stereocenters. The standard InChI is InChI=1S/C19H31N5O2/c1-6-7-8-24-15(12-23-10-13(2)9-14(3)11-23)20-17-16(24)18(25)22(5)19(26)21(17)4/h13-14H,6-12H2,1-5H3/t13-,14-/m1/s1. The van der Waals surface area contributed by atoms with Crippen molar-refractivity contribution >= 4 is 11.2 Å². The molecule has 0 unspecified atom stereocenters. The summed E-state index contributed by atoms with van der Waals surface area (Å²) in [6.45, 7) is 10.3. The molecule has 0 aliphatic carbocycles. The lowest BCUT2D eigenvalue weighted by Gasteiger charge is -2.34. The molecule has 0 saturated carbocycles. The van der Waals surface area contributed by atoms with Crippen molar-refractivity contribution in [3.05, 3.63) is 26.7 Å². The molecule has 3 rings (SSSR count). The Morgan fingerprint density at radius 2 is 1.73 bits per heavy atom. The molecule has 2 aromatic rings. The van der Waals surface area contributed by atoms with Gasteiger partial charge in [-0.15, -0.1) is 0 Å². The van der Waals surface area contributed by atoms with Gasteiger partial charge in [0.1, 0.15) is 5.82 Å². The number of imidazole rings is 1. The molecule has 0 amide bonds. The molecule has 0 N–H and O–H groups in total. The highest BCUT2D eigenvalue weighted by atomic mass is 16.2. The van der Waals surface area contributed by atoms with Crippen LogP contribution in [-0.4, -0.2) is 36.7 Å². The molecule has 1 aliphatic heterocycles. The largest absolute Gasteiger partial charge is 0.332 e. The van der Waals surface area contributed by atoms with Gasteiger partial charge < -0.3 is 4.57 Å². The minimum atomic E-state index is -0.325. The Bertz CT molecular complexity index is 897. The van der Waals surface area contributed by atoms with Gasteiger partial charge >= 0.3 is 5.69 Å². The molecule has 3 heterocycles. The van der Waals surface area contributed by atoms with E-state index in [1.54, 1.807) is 7.05 Å². The van der Waals surface area contributed by atoms with E-state index >= 15 is 0 Å². The third-order valence-corrected chi connectivity index (χ3v) is 5.47. The summed E-state index contributed by atoms with van der Waals surface area (Å²) >= 11 is 0. The first-order valence-corrected chi connectivity index (χ1v) is 9.70. The third-order valence-electron chi connectivity index (χ3n) is 5.47. The number of piperidine rings is 1. The van der Waals surface area contributed by atoms with E-state index in [2.05, 4.69) is 25.7 Å². The van der Waals surface area contributed by atoms with Crippen molar-refractivity contribution < 1.29 is 0 Å². The first-order valence-electron chi connectivity index (χ1n) is 9.70. The predicted octanol–water partition coefficient (Wildman–Crippen LogP) is 1.71. The van der Waals surface area contributed by atoms with E-state index in [1.807, 2.05) is 4.57 Å². The predicted molar refractivity (Wildman–Crippen MR) is 103 cm³/mol. The van der Waals surface area contributed by atoms with Crippen LogP contribution in [0.5, 0.6) is 0 Å². The highest BCUT2D eigenvalue weighted by Crippen LogP contribution is 2.23. The van der Waals surface area contributed by atoms with Crippen molar-refractivity contribution in [3.8, 4) is 0 Å². The lowest BCUT2D eigenvalue weighted by Crippen LogP contribution is -2.39. The summed E-state index contributed by atoms with van der Waals surface area (Å²) in [5, 5.41) is 0. The molecule has 2 aromatic heterocycles. The van der Waals surface area contributed by atoms with E-state index in [1.165, 1.54) is 22.6 Å². The van der Waals surface area contributed by atoms with Gasteiger partial charge in [-0.2, -0.15) is 0 Å². The van der Waals surface area contributed by atoms with Crippen LogP contribution in [0.4, 0.5) is 0 Å². The number of aromatic nitrogens is 4. The van der Waals surface area contributed by atoms with E-state index in [-0.39, 0.29) is 11.2 Å². The second-order valence-electron chi connectivity index (χ2n) is 8.05. The molecule has 26 heavy (non-hydrogen) atoms. The molecule has 7 heteroatoms. The fourth-order valence-corrected chi connectivity index (χ4v) is 4.29. The van der Waals surface area contributed by atoms with Crippen LogP contribution in [0, 0.1) is 11.8 Å². The second kappa shape index (κ2) is 7.39. The van der Waals surface area contributed by atoms with Gasteiger partial charge in [-0.3, -0.25) is 18.8 Å². The van der Waals surface area contributed by atoms with Crippen molar-refractivity contribution in [2.45, 2.75) is 53.1 Å². The van der Waals surface area contributed by atoms with Crippen LogP contribution in [0.2, 0.25) is 0 Å². The zero-order valence-electron chi connectivity index (χ0n) is 16.7. The third kappa shape index (κ3) is 3.37. The number of nitrogens with zero attached hydrogens (tertiary/aromatic N) is 5. The first kappa shape index (κ1) is 18.9. The van der Waals surface area contributed by atoms with E-state index in [0.29, 0.717) is 23.0 Å². The average Bonchev–Trinajstić information content (AvgIpc) is 2.93. The van der Waals surface area contributed by atoms with Gasteiger partial charge in [0.2, 0.25) is 0 Å². The van der Waals surface area contributed by atoms with Crippen molar-refractivity contribution in [2.24, 2.45) is 25.9 Å². The second-order valence-corrected chi connectivity index (χ2v) is 8.05. The van der Waals surface area contributed by atoms with Gasteiger partial charge in [-0.1, -0.05) is 27.2 Å². The summed E-state index contributed by atoms with van der Waals surface area (Å²) < 4.78 is 4.72. The molecule has 0 bridgehead atoms. The quantitative estimate of drug-likeness (QED) is 0.813. The molecule has 7 nitrogen and oxygen atoms in total. The Balaban J connectivity index is 2.09.